The predicted molar refractivity (Wildman–Crippen MR) is 83.5 cm³/mol. The van der Waals surface area contributed by atoms with Gasteiger partial charge in [-0.3, -0.25) is 0 Å². The molecule has 0 aliphatic rings. The molecule has 0 heterocycles. The highest BCUT2D eigenvalue weighted by Gasteiger charge is 2.25. The lowest BCUT2D eigenvalue weighted by Crippen LogP contribution is -2.37. The van der Waals surface area contributed by atoms with Crippen LogP contribution in [-0.4, -0.2) is 51.4 Å². The average molecular weight is 309 g/mol. The van der Waals surface area contributed by atoms with Crippen LogP contribution >= 0.6 is 0 Å². The second kappa shape index (κ2) is 7.55. The molecule has 0 atom stereocenters. The molecular weight excluding hydrogens is 286 g/mol. The van der Waals surface area contributed by atoms with E-state index in [-0.39, 0.29) is 4.90 Å². The van der Waals surface area contributed by atoms with Gasteiger partial charge in [-0.1, -0.05) is 6.92 Å². The third kappa shape index (κ3) is 4.53. The predicted octanol–water partition coefficient (Wildman–Crippen LogP) is 1.83. The fraction of sp³-hybridized carbons (Fsp3) is 0.533. The quantitative estimate of drug-likeness (QED) is 0.771. The van der Waals surface area contributed by atoms with Crippen molar-refractivity contribution < 1.29 is 8.42 Å². The molecule has 0 spiro atoms. The third-order valence-corrected chi connectivity index (χ3v) is 5.25. The average Bonchev–Trinajstić information content (AvgIpc) is 2.42. The molecule has 1 rings (SSSR count). The molecule has 0 aliphatic heterocycles. The number of nitriles is 1. The molecule has 1 aromatic rings. The third-order valence-electron chi connectivity index (χ3n) is 3.19. The van der Waals surface area contributed by atoms with Gasteiger partial charge in [0.2, 0.25) is 10.0 Å². The minimum atomic E-state index is -3.52. The lowest BCUT2D eigenvalue weighted by molar-refractivity contribution is 0.333. The first-order valence-corrected chi connectivity index (χ1v) is 8.42. The second-order valence-corrected chi connectivity index (χ2v) is 7.21. The number of benzene rings is 1. The Hall–Kier alpha value is -1.42. The summed E-state index contributed by atoms with van der Waals surface area (Å²) in [7, 11) is 0.323. The van der Waals surface area contributed by atoms with Gasteiger partial charge in [-0.2, -0.15) is 9.57 Å². The molecule has 0 fully saturated rings. The highest BCUT2D eigenvalue weighted by Crippen LogP contribution is 2.21. The molecule has 0 aromatic heterocycles. The SMILES string of the molecule is CCCN(CCN(C)C)S(=O)(=O)c1ccc(C#N)cc1C. The molecule has 0 radical (unpaired) electrons. The molecule has 0 saturated heterocycles. The summed E-state index contributed by atoms with van der Waals surface area (Å²) in [5.41, 5.74) is 1.08. The van der Waals surface area contributed by atoms with E-state index in [0.717, 1.165) is 6.42 Å². The second-order valence-electron chi connectivity index (χ2n) is 5.30. The zero-order valence-electron chi connectivity index (χ0n) is 13.1. The first-order chi connectivity index (χ1) is 9.82. The fourth-order valence-corrected chi connectivity index (χ4v) is 3.79. The Balaban J connectivity index is 3.13. The molecule has 0 bridgehead atoms. The Morgan fingerprint density at radius 1 is 1.19 bits per heavy atom. The van der Waals surface area contributed by atoms with E-state index in [1.54, 1.807) is 19.1 Å². The minimum Gasteiger partial charge on any atom is -0.308 e. The van der Waals surface area contributed by atoms with Gasteiger partial charge in [-0.25, -0.2) is 8.42 Å². The van der Waals surface area contributed by atoms with Crippen molar-refractivity contribution in [3.05, 3.63) is 29.3 Å². The van der Waals surface area contributed by atoms with Crippen LogP contribution < -0.4 is 0 Å². The molecule has 6 heteroatoms. The van der Waals surface area contributed by atoms with Crippen LogP contribution in [0.3, 0.4) is 0 Å². The minimum absolute atomic E-state index is 0.286. The fourth-order valence-electron chi connectivity index (χ4n) is 2.06. The van der Waals surface area contributed by atoms with Crippen LogP contribution in [0.4, 0.5) is 0 Å². The van der Waals surface area contributed by atoms with Gasteiger partial charge in [0.25, 0.3) is 0 Å². The Kier molecular flexibility index (Phi) is 6.34. The van der Waals surface area contributed by atoms with Crippen molar-refractivity contribution in [2.75, 3.05) is 33.7 Å². The van der Waals surface area contributed by atoms with Gasteiger partial charge < -0.3 is 4.90 Å². The Morgan fingerprint density at radius 2 is 1.86 bits per heavy atom. The van der Waals surface area contributed by atoms with Gasteiger partial charge in [0.15, 0.2) is 0 Å². The summed E-state index contributed by atoms with van der Waals surface area (Å²) in [5.74, 6) is 0. The summed E-state index contributed by atoms with van der Waals surface area (Å²) < 4.78 is 27.1. The van der Waals surface area contributed by atoms with E-state index in [0.29, 0.717) is 30.8 Å². The number of aryl methyl sites for hydroxylation is 1. The first-order valence-electron chi connectivity index (χ1n) is 6.98. The smallest absolute Gasteiger partial charge is 0.243 e. The molecule has 0 aliphatic carbocycles. The molecular formula is C15H23N3O2S. The number of rotatable bonds is 7. The van der Waals surface area contributed by atoms with E-state index in [4.69, 9.17) is 5.26 Å². The molecule has 0 amide bonds. The van der Waals surface area contributed by atoms with Crippen LogP contribution in [0.15, 0.2) is 23.1 Å². The van der Waals surface area contributed by atoms with Crippen molar-refractivity contribution >= 4 is 10.0 Å². The van der Waals surface area contributed by atoms with E-state index in [2.05, 4.69) is 0 Å². The molecule has 116 valence electrons. The van der Waals surface area contributed by atoms with Crippen molar-refractivity contribution in [2.24, 2.45) is 0 Å². The number of sulfonamides is 1. The number of nitrogens with zero attached hydrogens (tertiary/aromatic N) is 3. The lowest BCUT2D eigenvalue weighted by atomic mass is 10.2. The molecule has 0 saturated carbocycles. The first kappa shape index (κ1) is 17.6. The maximum Gasteiger partial charge on any atom is 0.243 e. The zero-order valence-corrected chi connectivity index (χ0v) is 13.9. The summed E-state index contributed by atoms with van der Waals surface area (Å²) in [6, 6.07) is 6.72. The Morgan fingerprint density at radius 3 is 2.33 bits per heavy atom. The standard InChI is InChI=1S/C15H23N3O2S/c1-5-8-18(10-9-17(3)4)21(19,20)15-7-6-14(12-16)11-13(15)2/h6-7,11H,5,8-10H2,1-4H3. The molecule has 5 nitrogen and oxygen atoms in total. The van der Waals surface area contributed by atoms with Gasteiger partial charge in [0.1, 0.15) is 0 Å². The van der Waals surface area contributed by atoms with Crippen LogP contribution in [0.2, 0.25) is 0 Å². The summed E-state index contributed by atoms with van der Waals surface area (Å²) in [5, 5.41) is 8.88. The van der Waals surface area contributed by atoms with E-state index < -0.39 is 10.0 Å². The van der Waals surface area contributed by atoms with Crippen LogP contribution in [-0.2, 0) is 10.0 Å². The normalized spacial score (nSPS) is 11.9. The van der Waals surface area contributed by atoms with E-state index >= 15 is 0 Å². The van der Waals surface area contributed by atoms with Gasteiger partial charge in [0, 0.05) is 19.6 Å². The van der Waals surface area contributed by atoms with Crippen LogP contribution in [0.5, 0.6) is 0 Å². The monoisotopic (exact) mass is 309 g/mol. The highest BCUT2D eigenvalue weighted by molar-refractivity contribution is 7.89. The summed E-state index contributed by atoms with van der Waals surface area (Å²) in [6.45, 7) is 5.32. The van der Waals surface area contributed by atoms with Crippen LogP contribution in [0, 0.1) is 18.3 Å². The maximum atomic E-state index is 12.8. The Labute approximate surface area is 127 Å². The molecule has 1 aromatic carbocycles. The summed E-state index contributed by atoms with van der Waals surface area (Å²) >= 11 is 0. The molecule has 0 unspecified atom stereocenters. The molecule has 0 N–H and O–H groups in total. The van der Waals surface area contributed by atoms with Gasteiger partial charge in [-0.15, -0.1) is 0 Å². The highest BCUT2D eigenvalue weighted by atomic mass is 32.2. The Bertz CT molecular complexity index is 618. The zero-order chi connectivity index (χ0) is 16.0. The number of hydrogen-bond donors (Lipinski definition) is 0. The maximum absolute atomic E-state index is 12.8. The van der Waals surface area contributed by atoms with Gasteiger partial charge in [-0.05, 0) is 51.2 Å². The van der Waals surface area contributed by atoms with Crippen molar-refractivity contribution in [3.63, 3.8) is 0 Å². The van der Waals surface area contributed by atoms with Crippen molar-refractivity contribution in [2.45, 2.75) is 25.2 Å². The topological polar surface area (TPSA) is 64.4 Å². The molecule has 21 heavy (non-hydrogen) atoms. The lowest BCUT2D eigenvalue weighted by Gasteiger charge is -2.24. The van der Waals surface area contributed by atoms with Crippen molar-refractivity contribution in [3.8, 4) is 6.07 Å². The summed E-state index contributed by atoms with van der Waals surface area (Å²) in [6.07, 6.45) is 0.766. The van der Waals surface area contributed by atoms with Crippen LogP contribution in [0.25, 0.3) is 0 Å². The number of likely N-dealkylation sites (N-methyl/N-ethyl adjacent to an activating group) is 1. The van der Waals surface area contributed by atoms with Crippen molar-refractivity contribution in [1.29, 1.82) is 5.26 Å². The van der Waals surface area contributed by atoms with E-state index in [1.807, 2.05) is 32.0 Å². The largest absolute Gasteiger partial charge is 0.308 e. The van der Waals surface area contributed by atoms with Crippen LogP contribution in [0.1, 0.15) is 24.5 Å². The van der Waals surface area contributed by atoms with Gasteiger partial charge >= 0.3 is 0 Å². The number of hydrogen-bond acceptors (Lipinski definition) is 4. The van der Waals surface area contributed by atoms with Gasteiger partial charge in [0.05, 0.1) is 16.5 Å². The van der Waals surface area contributed by atoms with E-state index in [9.17, 15) is 8.42 Å². The summed E-state index contributed by atoms with van der Waals surface area (Å²) in [4.78, 5) is 2.25. The van der Waals surface area contributed by atoms with Crippen molar-refractivity contribution in [1.82, 2.24) is 9.21 Å². The van der Waals surface area contributed by atoms with E-state index in [1.165, 1.54) is 10.4 Å².